The lowest BCUT2D eigenvalue weighted by Crippen LogP contribution is -2.35. The molecule has 1 N–H and O–H groups in total. The van der Waals surface area contributed by atoms with E-state index in [4.69, 9.17) is 11.6 Å². The van der Waals surface area contributed by atoms with Crippen molar-refractivity contribution in [2.45, 2.75) is 12.8 Å². The number of aromatic hydroxyl groups is 1. The lowest BCUT2D eigenvalue weighted by Gasteiger charge is -2.22. The number of carbonyl (C=O) groups is 1. The Morgan fingerprint density at radius 3 is 2.60 bits per heavy atom. The van der Waals surface area contributed by atoms with Crippen LogP contribution in [0.25, 0.3) is 0 Å². The van der Waals surface area contributed by atoms with Gasteiger partial charge in [-0.2, -0.15) is 0 Å². The lowest BCUT2D eigenvalue weighted by atomic mass is 10.1. The molecule has 0 bridgehead atoms. The fourth-order valence-electron chi connectivity index (χ4n) is 3.15. The summed E-state index contributed by atoms with van der Waals surface area (Å²) >= 11 is 6.00. The Morgan fingerprint density at radius 1 is 1.04 bits per heavy atom. The molecule has 0 spiro atoms. The number of amides is 1. The number of benzene rings is 2. The maximum Gasteiger partial charge on any atom is 0.253 e. The molecule has 0 aliphatic carbocycles. The summed E-state index contributed by atoms with van der Waals surface area (Å²) in [7, 11) is 0. The number of carbonyl (C=O) groups excluding carboxylic acids is 1. The van der Waals surface area contributed by atoms with Crippen molar-refractivity contribution in [2.75, 3.05) is 32.7 Å². The fraction of sp³-hybridized carbons (Fsp3) is 0.350. The monoisotopic (exact) mass is 358 g/mol. The highest BCUT2D eigenvalue weighted by Crippen LogP contribution is 2.15. The van der Waals surface area contributed by atoms with E-state index in [1.165, 1.54) is 5.56 Å². The Kier molecular flexibility index (Phi) is 5.95. The van der Waals surface area contributed by atoms with Crippen molar-refractivity contribution in [3.05, 3.63) is 64.7 Å². The minimum atomic E-state index is 0.0582. The molecule has 1 heterocycles. The van der Waals surface area contributed by atoms with E-state index in [9.17, 15) is 9.90 Å². The Labute approximate surface area is 153 Å². The van der Waals surface area contributed by atoms with Gasteiger partial charge in [0.05, 0.1) is 0 Å². The number of phenolic OH excluding ortho intramolecular Hbond substituents is 1. The predicted molar refractivity (Wildman–Crippen MR) is 100 cm³/mol. The summed E-state index contributed by atoms with van der Waals surface area (Å²) in [4.78, 5) is 17.0. The van der Waals surface area contributed by atoms with Crippen molar-refractivity contribution >= 4 is 17.5 Å². The van der Waals surface area contributed by atoms with E-state index < -0.39 is 0 Å². The summed E-state index contributed by atoms with van der Waals surface area (Å²) in [5, 5.41) is 9.94. The quantitative estimate of drug-likeness (QED) is 0.910. The van der Waals surface area contributed by atoms with Crippen molar-refractivity contribution < 1.29 is 9.90 Å². The van der Waals surface area contributed by atoms with Crippen molar-refractivity contribution in [3.63, 3.8) is 0 Å². The number of hydrogen-bond donors (Lipinski definition) is 1. The maximum absolute atomic E-state index is 12.6. The van der Waals surface area contributed by atoms with Crippen LogP contribution in [0, 0.1) is 0 Å². The molecule has 1 aliphatic heterocycles. The van der Waals surface area contributed by atoms with Gasteiger partial charge < -0.3 is 14.9 Å². The molecular formula is C20H23ClN2O2. The Morgan fingerprint density at radius 2 is 1.84 bits per heavy atom. The molecule has 1 aliphatic rings. The van der Waals surface area contributed by atoms with Crippen LogP contribution in [0.3, 0.4) is 0 Å². The van der Waals surface area contributed by atoms with Crippen molar-refractivity contribution in [3.8, 4) is 5.75 Å². The summed E-state index contributed by atoms with van der Waals surface area (Å²) < 4.78 is 0. The van der Waals surface area contributed by atoms with E-state index in [-0.39, 0.29) is 5.91 Å². The predicted octanol–water partition coefficient (Wildman–Crippen LogP) is 3.44. The second kappa shape index (κ2) is 8.37. The highest BCUT2D eigenvalue weighted by atomic mass is 35.5. The normalized spacial score (nSPS) is 15.8. The van der Waals surface area contributed by atoms with Gasteiger partial charge in [-0.1, -0.05) is 29.8 Å². The highest BCUT2D eigenvalue weighted by Gasteiger charge is 2.20. The van der Waals surface area contributed by atoms with Crippen molar-refractivity contribution in [1.82, 2.24) is 9.80 Å². The first-order chi connectivity index (χ1) is 12.1. The Hall–Kier alpha value is -2.04. The molecule has 1 fully saturated rings. The smallest absolute Gasteiger partial charge is 0.253 e. The largest absolute Gasteiger partial charge is 0.508 e. The molecule has 0 saturated carbocycles. The van der Waals surface area contributed by atoms with Gasteiger partial charge in [0.1, 0.15) is 5.75 Å². The molecule has 0 aromatic heterocycles. The first-order valence-electron chi connectivity index (χ1n) is 8.67. The van der Waals surface area contributed by atoms with E-state index in [1.54, 1.807) is 24.3 Å². The van der Waals surface area contributed by atoms with Crippen LogP contribution in [0.15, 0.2) is 48.5 Å². The van der Waals surface area contributed by atoms with Gasteiger partial charge >= 0.3 is 0 Å². The van der Waals surface area contributed by atoms with Crippen LogP contribution < -0.4 is 0 Å². The number of nitrogens with zero attached hydrogens (tertiary/aromatic N) is 2. The summed E-state index contributed by atoms with van der Waals surface area (Å²) in [6.45, 7) is 4.35. The molecule has 2 aromatic rings. The molecule has 0 unspecified atom stereocenters. The molecular weight excluding hydrogens is 336 g/mol. The topological polar surface area (TPSA) is 43.8 Å². The van der Waals surface area contributed by atoms with Gasteiger partial charge in [0.2, 0.25) is 0 Å². The molecule has 25 heavy (non-hydrogen) atoms. The van der Waals surface area contributed by atoms with E-state index >= 15 is 0 Å². The van der Waals surface area contributed by atoms with Crippen molar-refractivity contribution in [2.24, 2.45) is 0 Å². The third-order valence-corrected chi connectivity index (χ3v) is 4.84. The number of rotatable bonds is 4. The molecule has 132 valence electrons. The zero-order chi connectivity index (χ0) is 17.6. The van der Waals surface area contributed by atoms with Crippen LogP contribution in [0.5, 0.6) is 5.75 Å². The highest BCUT2D eigenvalue weighted by molar-refractivity contribution is 6.30. The van der Waals surface area contributed by atoms with Gasteiger partial charge in [-0.05, 0) is 55.3 Å². The molecule has 2 aromatic carbocycles. The van der Waals surface area contributed by atoms with Crippen LogP contribution in [0.2, 0.25) is 5.02 Å². The minimum absolute atomic E-state index is 0.0582. The first-order valence-corrected chi connectivity index (χ1v) is 9.05. The SMILES string of the molecule is O=C(c1cccc(Cl)c1)N1CCCN(CCc2ccc(O)cc2)CC1. The van der Waals surface area contributed by atoms with Crippen LogP contribution >= 0.6 is 11.6 Å². The summed E-state index contributed by atoms with van der Waals surface area (Å²) in [5.74, 6) is 0.358. The minimum Gasteiger partial charge on any atom is -0.508 e. The van der Waals surface area contributed by atoms with E-state index in [2.05, 4.69) is 4.90 Å². The van der Waals surface area contributed by atoms with E-state index in [1.807, 2.05) is 29.2 Å². The number of phenols is 1. The molecule has 0 radical (unpaired) electrons. The molecule has 3 rings (SSSR count). The van der Waals surface area contributed by atoms with Crippen LogP contribution in [-0.2, 0) is 6.42 Å². The van der Waals surface area contributed by atoms with Gasteiger partial charge in [-0.3, -0.25) is 4.79 Å². The summed E-state index contributed by atoms with van der Waals surface area (Å²) in [5.41, 5.74) is 1.87. The van der Waals surface area contributed by atoms with Gasteiger partial charge in [-0.15, -0.1) is 0 Å². The zero-order valence-corrected chi connectivity index (χ0v) is 15.0. The standard InChI is InChI=1S/C20H23ClN2O2/c21-18-4-1-3-17(15-18)20(25)23-11-2-10-22(13-14-23)12-9-16-5-7-19(24)8-6-16/h1,3-8,15,24H,2,9-14H2. The lowest BCUT2D eigenvalue weighted by molar-refractivity contribution is 0.0761. The third kappa shape index (κ3) is 4.97. The number of halogens is 1. The van der Waals surface area contributed by atoms with Crippen molar-refractivity contribution in [1.29, 1.82) is 0 Å². The third-order valence-electron chi connectivity index (χ3n) is 4.60. The number of hydrogen-bond acceptors (Lipinski definition) is 3. The van der Waals surface area contributed by atoms with Gasteiger partial charge in [0.25, 0.3) is 5.91 Å². The second-order valence-electron chi connectivity index (χ2n) is 6.41. The summed E-state index contributed by atoms with van der Waals surface area (Å²) in [6, 6.07) is 14.5. The van der Waals surface area contributed by atoms with Gasteiger partial charge in [-0.25, -0.2) is 0 Å². The average molecular weight is 359 g/mol. The Balaban J connectivity index is 1.53. The van der Waals surface area contributed by atoms with Crippen LogP contribution in [0.1, 0.15) is 22.3 Å². The zero-order valence-electron chi connectivity index (χ0n) is 14.2. The Bertz CT molecular complexity index is 718. The van der Waals surface area contributed by atoms with Crippen LogP contribution in [0.4, 0.5) is 0 Å². The first kappa shape index (κ1) is 17.8. The van der Waals surface area contributed by atoms with Crippen LogP contribution in [-0.4, -0.2) is 53.5 Å². The molecule has 4 nitrogen and oxygen atoms in total. The summed E-state index contributed by atoms with van der Waals surface area (Å²) in [6.07, 6.45) is 1.92. The van der Waals surface area contributed by atoms with Gasteiger partial charge in [0.15, 0.2) is 0 Å². The molecule has 1 saturated heterocycles. The fourth-order valence-corrected chi connectivity index (χ4v) is 3.34. The molecule has 5 heteroatoms. The van der Waals surface area contributed by atoms with E-state index in [0.717, 1.165) is 45.6 Å². The van der Waals surface area contributed by atoms with Gasteiger partial charge in [0, 0.05) is 36.8 Å². The molecule has 0 atom stereocenters. The van der Waals surface area contributed by atoms with E-state index in [0.29, 0.717) is 16.3 Å². The second-order valence-corrected chi connectivity index (χ2v) is 6.85. The molecule has 1 amide bonds. The maximum atomic E-state index is 12.6. The average Bonchev–Trinajstić information content (AvgIpc) is 2.86.